The van der Waals surface area contributed by atoms with Crippen LogP contribution in [0.2, 0.25) is 0 Å². The average Bonchev–Trinajstić information content (AvgIpc) is 3.21. The van der Waals surface area contributed by atoms with Crippen LogP contribution in [0.3, 0.4) is 0 Å². The fourth-order valence-corrected chi connectivity index (χ4v) is 4.70. The number of carbonyl (C=O) groups is 1. The van der Waals surface area contributed by atoms with Gasteiger partial charge in [-0.1, -0.05) is 0 Å². The third-order valence-electron chi connectivity index (χ3n) is 5.02. The molecular weight excluding hydrogens is 308 g/mol. The van der Waals surface area contributed by atoms with Crippen LogP contribution in [0.5, 0.6) is 0 Å². The highest BCUT2D eigenvalue weighted by Crippen LogP contribution is 2.34. The summed E-state index contributed by atoms with van der Waals surface area (Å²) in [6.45, 7) is 0.822. The molecule has 1 aliphatic carbocycles. The number of hydrogen-bond donors (Lipinski definition) is 0. The molecule has 0 N–H and O–H groups in total. The van der Waals surface area contributed by atoms with E-state index in [-0.39, 0.29) is 11.9 Å². The van der Waals surface area contributed by atoms with Gasteiger partial charge in [-0.05, 0) is 44.9 Å². The Bertz CT molecular complexity index is 707. The van der Waals surface area contributed by atoms with E-state index < -0.39 is 0 Å². The van der Waals surface area contributed by atoms with Crippen molar-refractivity contribution in [2.75, 3.05) is 6.54 Å². The summed E-state index contributed by atoms with van der Waals surface area (Å²) in [6, 6.07) is 0.130. The number of carbonyl (C=O) groups excluding carboxylic acids is 1. The quantitative estimate of drug-likeness (QED) is 0.850. The number of thiazole rings is 1. The highest BCUT2D eigenvalue weighted by molar-refractivity contribution is 7.09. The first-order valence-corrected chi connectivity index (χ1v) is 9.39. The zero-order chi connectivity index (χ0) is 15.8. The van der Waals surface area contributed by atoms with E-state index in [9.17, 15) is 4.79 Å². The zero-order valence-corrected chi connectivity index (χ0v) is 14.3. The van der Waals surface area contributed by atoms with E-state index in [1.807, 2.05) is 28.2 Å². The molecule has 6 heteroatoms. The standard InChI is InChI=1S/C17H22N4OS/c1-20-15(12-6-2-3-7-13(12)19-20)17(22)21-10-5-4-8-14(21)16-18-9-11-23-16/h9,11,14H,2-8,10H2,1H3/t14-/m1/s1. The minimum atomic E-state index is 0.130. The number of likely N-dealkylation sites (tertiary alicyclic amines) is 1. The molecule has 0 saturated carbocycles. The number of rotatable bonds is 2. The number of aryl methyl sites for hydroxylation is 2. The number of nitrogens with zero attached hydrogens (tertiary/aromatic N) is 4. The number of hydrogen-bond acceptors (Lipinski definition) is 4. The molecule has 1 atom stereocenters. The first kappa shape index (κ1) is 14.9. The van der Waals surface area contributed by atoms with Crippen molar-refractivity contribution in [2.45, 2.75) is 51.0 Å². The summed E-state index contributed by atoms with van der Waals surface area (Å²) in [6.07, 6.45) is 9.43. The summed E-state index contributed by atoms with van der Waals surface area (Å²) in [5.41, 5.74) is 3.13. The normalized spacial score (nSPS) is 21.3. The highest BCUT2D eigenvalue weighted by Gasteiger charge is 2.34. The Morgan fingerprint density at radius 1 is 1.26 bits per heavy atom. The van der Waals surface area contributed by atoms with Gasteiger partial charge in [-0.2, -0.15) is 5.10 Å². The lowest BCUT2D eigenvalue weighted by atomic mass is 9.94. The van der Waals surface area contributed by atoms with Crippen LogP contribution in [0.15, 0.2) is 11.6 Å². The summed E-state index contributed by atoms with van der Waals surface area (Å²) < 4.78 is 1.81. The molecule has 5 nitrogen and oxygen atoms in total. The maximum Gasteiger partial charge on any atom is 0.273 e. The molecule has 0 aromatic carbocycles. The van der Waals surface area contributed by atoms with Gasteiger partial charge in [0.25, 0.3) is 5.91 Å². The Hall–Kier alpha value is -1.69. The van der Waals surface area contributed by atoms with Crippen molar-refractivity contribution in [3.05, 3.63) is 33.5 Å². The Morgan fingerprint density at radius 3 is 2.96 bits per heavy atom. The van der Waals surface area contributed by atoms with Gasteiger partial charge >= 0.3 is 0 Å². The lowest BCUT2D eigenvalue weighted by Crippen LogP contribution is -2.39. The second-order valence-corrected chi connectivity index (χ2v) is 7.41. The molecule has 0 unspecified atom stereocenters. The molecule has 0 bridgehead atoms. The molecule has 23 heavy (non-hydrogen) atoms. The van der Waals surface area contributed by atoms with Crippen molar-refractivity contribution in [3.8, 4) is 0 Å². The van der Waals surface area contributed by atoms with Crippen molar-refractivity contribution in [3.63, 3.8) is 0 Å². The SMILES string of the molecule is Cn1nc2c(c1C(=O)N1CCCC[C@@H]1c1nccs1)CCCC2. The molecule has 2 aromatic heterocycles. The summed E-state index contributed by atoms with van der Waals surface area (Å²) in [5, 5.41) is 7.67. The van der Waals surface area contributed by atoms with Gasteiger partial charge in [0.15, 0.2) is 0 Å². The van der Waals surface area contributed by atoms with Crippen molar-refractivity contribution in [2.24, 2.45) is 7.05 Å². The van der Waals surface area contributed by atoms with Gasteiger partial charge in [-0.15, -0.1) is 11.3 Å². The van der Waals surface area contributed by atoms with Crippen LogP contribution in [-0.2, 0) is 19.9 Å². The predicted molar refractivity (Wildman–Crippen MR) is 89.6 cm³/mol. The third kappa shape index (κ3) is 2.59. The number of fused-ring (bicyclic) bond motifs is 1. The van der Waals surface area contributed by atoms with Crippen LogP contribution in [-0.4, -0.2) is 32.1 Å². The Labute approximate surface area is 140 Å². The molecule has 2 aromatic rings. The molecule has 0 spiro atoms. The van der Waals surface area contributed by atoms with Gasteiger partial charge in [-0.3, -0.25) is 9.48 Å². The van der Waals surface area contributed by atoms with Gasteiger partial charge in [0.1, 0.15) is 10.7 Å². The lowest BCUT2D eigenvalue weighted by Gasteiger charge is -2.34. The molecular formula is C17H22N4OS. The number of amides is 1. The van der Waals surface area contributed by atoms with E-state index in [2.05, 4.69) is 10.1 Å². The molecule has 122 valence electrons. The Morgan fingerprint density at radius 2 is 2.13 bits per heavy atom. The van der Waals surface area contributed by atoms with Crippen LogP contribution in [0.4, 0.5) is 0 Å². The summed E-state index contributed by atoms with van der Waals surface area (Å²) >= 11 is 1.65. The van der Waals surface area contributed by atoms with E-state index >= 15 is 0 Å². The maximum absolute atomic E-state index is 13.3. The Balaban J connectivity index is 1.69. The highest BCUT2D eigenvalue weighted by atomic mass is 32.1. The molecule has 3 heterocycles. The Kier molecular flexibility index (Phi) is 3.93. The number of aromatic nitrogens is 3. The van der Waals surface area contributed by atoms with Crippen molar-refractivity contribution < 1.29 is 4.79 Å². The monoisotopic (exact) mass is 330 g/mol. The average molecular weight is 330 g/mol. The smallest absolute Gasteiger partial charge is 0.273 e. The van der Waals surface area contributed by atoms with Crippen LogP contribution in [0, 0.1) is 0 Å². The second-order valence-electron chi connectivity index (χ2n) is 6.49. The minimum Gasteiger partial charge on any atom is -0.328 e. The molecule has 1 amide bonds. The van der Waals surface area contributed by atoms with Crippen LogP contribution >= 0.6 is 11.3 Å². The maximum atomic E-state index is 13.3. The third-order valence-corrected chi connectivity index (χ3v) is 5.90. The van der Waals surface area contributed by atoms with Gasteiger partial charge in [0.05, 0.1) is 11.7 Å². The van der Waals surface area contributed by atoms with Crippen LogP contribution < -0.4 is 0 Å². The van der Waals surface area contributed by atoms with Crippen molar-refractivity contribution >= 4 is 17.2 Å². The first-order chi connectivity index (χ1) is 11.3. The van der Waals surface area contributed by atoms with Gasteiger partial charge in [-0.25, -0.2) is 4.98 Å². The van der Waals surface area contributed by atoms with Crippen molar-refractivity contribution in [1.82, 2.24) is 19.7 Å². The molecule has 1 aliphatic heterocycles. The lowest BCUT2D eigenvalue weighted by molar-refractivity contribution is 0.0598. The number of piperidine rings is 1. The van der Waals surface area contributed by atoms with Gasteiger partial charge in [0, 0.05) is 30.7 Å². The van der Waals surface area contributed by atoms with Gasteiger partial charge in [0.2, 0.25) is 0 Å². The molecule has 0 radical (unpaired) electrons. The molecule has 1 fully saturated rings. The van der Waals surface area contributed by atoms with E-state index in [0.717, 1.165) is 61.5 Å². The largest absolute Gasteiger partial charge is 0.328 e. The summed E-state index contributed by atoms with van der Waals surface area (Å²) in [7, 11) is 1.91. The topological polar surface area (TPSA) is 51.0 Å². The van der Waals surface area contributed by atoms with Crippen molar-refractivity contribution in [1.29, 1.82) is 0 Å². The van der Waals surface area contributed by atoms with Gasteiger partial charge < -0.3 is 4.90 Å². The molecule has 1 saturated heterocycles. The fourth-order valence-electron chi connectivity index (χ4n) is 3.92. The predicted octanol–water partition coefficient (Wildman–Crippen LogP) is 3.12. The van der Waals surface area contributed by atoms with E-state index in [0.29, 0.717) is 0 Å². The summed E-state index contributed by atoms with van der Waals surface area (Å²) in [5.74, 6) is 0.142. The first-order valence-electron chi connectivity index (χ1n) is 8.51. The fraction of sp³-hybridized carbons (Fsp3) is 0.588. The van der Waals surface area contributed by atoms with E-state index in [1.54, 1.807) is 11.3 Å². The molecule has 2 aliphatic rings. The van der Waals surface area contributed by atoms with Crippen LogP contribution in [0.1, 0.15) is 64.9 Å². The van der Waals surface area contributed by atoms with Crippen LogP contribution in [0.25, 0.3) is 0 Å². The van der Waals surface area contributed by atoms with E-state index in [4.69, 9.17) is 0 Å². The summed E-state index contributed by atoms with van der Waals surface area (Å²) in [4.78, 5) is 19.8. The zero-order valence-electron chi connectivity index (χ0n) is 13.5. The minimum absolute atomic E-state index is 0.130. The van der Waals surface area contributed by atoms with E-state index in [1.165, 1.54) is 12.0 Å². The second kappa shape index (κ2) is 6.07. The molecule has 4 rings (SSSR count).